The van der Waals surface area contributed by atoms with Crippen LogP contribution in [0.2, 0.25) is 0 Å². The number of sulfonamides is 1. The van der Waals surface area contributed by atoms with E-state index in [0.717, 1.165) is 10.4 Å². The molecule has 0 radical (unpaired) electrons. The summed E-state index contributed by atoms with van der Waals surface area (Å²) in [6.07, 6.45) is 0. The smallest absolute Gasteiger partial charge is 0.271 e. The lowest BCUT2D eigenvalue weighted by Crippen LogP contribution is -2.11. The van der Waals surface area contributed by atoms with Crippen LogP contribution in [0.4, 0.5) is 5.69 Å². The Morgan fingerprint density at radius 2 is 1.73 bits per heavy atom. The maximum Gasteiger partial charge on any atom is 0.271 e. The highest BCUT2D eigenvalue weighted by Gasteiger charge is 2.18. The minimum absolute atomic E-state index is 0.251. The van der Waals surface area contributed by atoms with Gasteiger partial charge in [0.15, 0.2) is 0 Å². The van der Waals surface area contributed by atoms with Crippen LogP contribution in [0.3, 0.4) is 0 Å². The largest absolute Gasteiger partial charge is 0.279 e. The average Bonchev–Trinajstić information content (AvgIpc) is 3.35. The van der Waals surface area contributed by atoms with Crippen molar-refractivity contribution in [3.8, 4) is 21.8 Å². The molecule has 0 aliphatic heterocycles. The van der Waals surface area contributed by atoms with Crippen LogP contribution in [-0.2, 0) is 10.0 Å². The number of hydrogen-bond acceptors (Lipinski definition) is 6. The maximum absolute atomic E-state index is 12.7. The van der Waals surface area contributed by atoms with E-state index in [1.165, 1.54) is 11.3 Å². The molecule has 2 aromatic heterocycles. The lowest BCUT2D eigenvalue weighted by Gasteiger charge is -2.07. The molecule has 2 aromatic carbocycles. The zero-order chi connectivity index (χ0) is 18.0. The SMILES string of the molecule is O=S(=O)(Nc1cccc(-c2nn[nH]n2)c1)c1ccc(-c2ccccc2)s1. The van der Waals surface area contributed by atoms with Gasteiger partial charge in [0.1, 0.15) is 4.21 Å². The molecule has 130 valence electrons. The van der Waals surface area contributed by atoms with Crippen LogP contribution < -0.4 is 4.72 Å². The molecule has 9 heteroatoms. The van der Waals surface area contributed by atoms with Gasteiger partial charge in [0.05, 0.1) is 0 Å². The molecule has 7 nitrogen and oxygen atoms in total. The Morgan fingerprint density at radius 3 is 2.50 bits per heavy atom. The first-order valence-electron chi connectivity index (χ1n) is 7.64. The van der Waals surface area contributed by atoms with Gasteiger partial charge in [-0.15, -0.1) is 21.5 Å². The van der Waals surface area contributed by atoms with Crippen molar-refractivity contribution in [1.82, 2.24) is 20.6 Å². The third-order valence-corrected chi connectivity index (χ3v) is 6.63. The molecule has 2 heterocycles. The lowest BCUT2D eigenvalue weighted by atomic mass is 10.2. The van der Waals surface area contributed by atoms with Crippen LogP contribution in [0.25, 0.3) is 21.8 Å². The fourth-order valence-corrected chi connectivity index (χ4v) is 4.79. The molecule has 26 heavy (non-hydrogen) atoms. The summed E-state index contributed by atoms with van der Waals surface area (Å²) < 4.78 is 28.2. The second-order valence-electron chi connectivity index (χ2n) is 5.41. The van der Waals surface area contributed by atoms with Crippen LogP contribution in [0, 0.1) is 0 Å². The summed E-state index contributed by atoms with van der Waals surface area (Å²) in [6, 6.07) is 19.9. The first kappa shape index (κ1) is 16.4. The molecule has 0 saturated heterocycles. The van der Waals surface area contributed by atoms with Crippen molar-refractivity contribution in [1.29, 1.82) is 0 Å². The first-order chi connectivity index (χ1) is 12.6. The highest BCUT2D eigenvalue weighted by molar-refractivity contribution is 7.94. The molecule has 2 N–H and O–H groups in total. The van der Waals surface area contributed by atoms with Crippen molar-refractivity contribution in [3.63, 3.8) is 0 Å². The molecule has 0 aliphatic carbocycles. The van der Waals surface area contributed by atoms with Gasteiger partial charge in [-0.3, -0.25) is 4.72 Å². The number of H-pyrrole nitrogens is 1. The van der Waals surface area contributed by atoms with Crippen LogP contribution in [0.15, 0.2) is 70.9 Å². The normalized spacial score (nSPS) is 11.4. The van der Waals surface area contributed by atoms with Crippen LogP contribution in [0.5, 0.6) is 0 Å². The molecule has 4 aromatic rings. The topological polar surface area (TPSA) is 101 Å². The van der Waals surface area contributed by atoms with Crippen LogP contribution >= 0.6 is 11.3 Å². The van der Waals surface area contributed by atoms with Gasteiger partial charge >= 0.3 is 0 Å². The number of hydrogen-bond donors (Lipinski definition) is 2. The Bertz CT molecular complexity index is 1120. The van der Waals surface area contributed by atoms with Gasteiger partial charge in [-0.2, -0.15) is 5.21 Å². The molecule has 4 rings (SSSR count). The van der Waals surface area contributed by atoms with E-state index in [-0.39, 0.29) is 4.21 Å². The van der Waals surface area contributed by atoms with E-state index in [1.54, 1.807) is 30.3 Å². The zero-order valence-corrected chi connectivity index (χ0v) is 15.0. The Kier molecular flexibility index (Phi) is 4.23. The van der Waals surface area contributed by atoms with Crippen molar-refractivity contribution < 1.29 is 8.42 Å². The van der Waals surface area contributed by atoms with Crippen molar-refractivity contribution in [3.05, 3.63) is 66.7 Å². The minimum Gasteiger partial charge on any atom is -0.279 e. The Morgan fingerprint density at radius 1 is 0.923 bits per heavy atom. The third kappa shape index (κ3) is 3.35. The van der Waals surface area contributed by atoms with Gasteiger partial charge in [0.25, 0.3) is 10.0 Å². The molecule has 0 unspecified atom stereocenters. The summed E-state index contributed by atoms with van der Waals surface area (Å²) in [4.78, 5) is 0.895. The van der Waals surface area contributed by atoms with Gasteiger partial charge in [-0.1, -0.05) is 42.5 Å². The predicted octanol–water partition coefficient (Wildman–Crippen LogP) is 3.40. The standard InChI is InChI=1S/C17H13N5O2S2/c23-26(24,16-10-9-15(25-16)12-5-2-1-3-6-12)20-14-8-4-7-13(11-14)17-18-21-22-19-17/h1-11,20H,(H,18,19,21,22). The number of nitrogens with one attached hydrogen (secondary N) is 2. The number of benzene rings is 2. The number of thiophene rings is 1. The monoisotopic (exact) mass is 383 g/mol. The summed E-state index contributed by atoms with van der Waals surface area (Å²) in [5.74, 6) is 0.397. The van der Waals surface area contributed by atoms with Crippen molar-refractivity contribution in [2.45, 2.75) is 4.21 Å². The number of rotatable bonds is 5. The predicted molar refractivity (Wildman–Crippen MR) is 100 cm³/mol. The second kappa shape index (κ2) is 6.70. The summed E-state index contributed by atoms with van der Waals surface area (Å²) in [5.41, 5.74) is 2.08. The van der Waals surface area contributed by atoms with Gasteiger partial charge in [0.2, 0.25) is 5.82 Å². The zero-order valence-electron chi connectivity index (χ0n) is 13.3. The van der Waals surface area contributed by atoms with Crippen molar-refractivity contribution in [2.75, 3.05) is 4.72 Å². The Hall–Kier alpha value is -3.04. The number of anilines is 1. The summed E-state index contributed by atoms with van der Waals surface area (Å²) in [7, 11) is -3.68. The average molecular weight is 383 g/mol. The maximum atomic E-state index is 12.7. The number of nitrogens with zero attached hydrogens (tertiary/aromatic N) is 3. The number of aromatic amines is 1. The molecular weight excluding hydrogens is 370 g/mol. The molecule has 0 spiro atoms. The number of aromatic nitrogens is 4. The van der Waals surface area contributed by atoms with Gasteiger partial charge in [-0.25, -0.2) is 8.42 Å². The van der Waals surface area contributed by atoms with E-state index in [9.17, 15) is 8.42 Å². The molecule has 0 atom stereocenters. The van der Waals surface area contributed by atoms with E-state index in [4.69, 9.17) is 0 Å². The Balaban J connectivity index is 1.60. The van der Waals surface area contributed by atoms with E-state index in [1.807, 2.05) is 36.4 Å². The van der Waals surface area contributed by atoms with Gasteiger partial charge in [-0.05, 0) is 35.0 Å². The molecule has 0 saturated carbocycles. The molecule has 0 fully saturated rings. The summed E-state index contributed by atoms with van der Waals surface area (Å²) in [5, 5.41) is 13.7. The van der Waals surface area contributed by atoms with E-state index in [0.29, 0.717) is 17.1 Å². The third-order valence-electron chi connectivity index (χ3n) is 3.62. The van der Waals surface area contributed by atoms with E-state index >= 15 is 0 Å². The van der Waals surface area contributed by atoms with E-state index in [2.05, 4.69) is 25.3 Å². The highest BCUT2D eigenvalue weighted by atomic mass is 32.2. The fraction of sp³-hybridized carbons (Fsp3) is 0. The quantitative estimate of drug-likeness (QED) is 0.550. The molecule has 0 amide bonds. The highest BCUT2D eigenvalue weighted by Crippen LogP contribution is 2.31. The first-order valence-corrected chi connectivity index (χ1v) is 9.94. The summed E-state index contributed by atoms with van der Waals surface area (Å²) >= 11 is 1.22. The van der Waals surface area contributed by atoms with E-state index < -0.39 is 10.0 Å². The van der Waals surface area contributed by atoms with Crippen LogP contribution in [-0.4, -0.2) is 29.0 Å². The van der Waals surface area contributed by atoms with Crippen molar-refractivity contribution in [2.24, 2.45) is 0 Å². The molecule has 0 bridgehead atoms. The lowest BCUT2D eigenvalue weighted by molar-refractivity contribution is 0.603. The summed E-state index contributed by atoms with van der Waals surface area (Å²) in [6.45, 7) is 0. The molecule has 0 aliphatic rings. The number of tetrazole rings is 1. The molecular formula is C17H13N5O2S2. The van der Waals surface area contributed by atoms with Gasteiger partial charge in [0, 0.05) is 16.1 Å². The fourth-order valence-electron chi connectivity index (χ4n) is 2.43. The van der Waals surface area contributed by atoms with Crippen molar-refractivity contribution >= 4 is 27.0 Å². The second-order valence-corrected chi connectivity index (χ2v) is 8.40. The minimum atomic E-state index is -3.68. The van der Waals surface area contributed by atoms with Gasteiger partial charge < -0.3 is 0 Å². The Labute approximate surface area is 153 Å². The van der Waals surface area contributed by atoms with Crippen LogP contribution in [0.1, 0.15) is 0 Å².